The molecule has 3 aromatic rings. The minimum Gasteiger partial charge on any atom is -0.374 e. The summed E-state index contributed by atoms with van der Waals surface area (Å²) in [4.78, 5) is 14.6. The van der Waals surface area contributed by atoms with E-state index in [2.05, 4.69) is 22.3 Å². The number of carbonyl (C=O) groups excluding carboxylic acids is 1. The molecule has 1 fully saturated rings. The standard InChI is InChI=1S/C19H19N3O2S/c23-19(18-11-17(20-21-18)15-6-9-25-13-15)22-7-8-24-16(12-22)10-14-4-2-1-3-5-14/h1-6,9,11,13,16H,7-8,10,12H2,(H,20,21)/t16-/m1/s1. The zero-order valence-electron chi connectivity index (χ0n) is 13.7. The average Bonchev–Trinajstić information content (AvgIpc) is 3.34. The van der Waals surface area contributed by atoms with E-state index in [9.17, 15) is 4.79 Å². The molecule has 6 heteroatoms. The van der Waals surface area contributed by atoms with Gasteiger partial charge in [0.15, 0.2) is 0 Å². The third kappa shape index (κ3) is 3.65. The maximum atomic E-state index is 12.8. The van der Waals surface area contributed by atoms with Gasteiger partial charge in [-0.25, -0.2) is 0 Å². The molecule has 2 aromatic heterocycles. The van der Waals surface area contributed by atoms with Crippen molar-refractivity contribution in [2.24, 2.45) is 0 Å². The highest BCUT2D eigenvalue weighted by molar-refractivity contribution is 7.08. The van der Waals surface area contributed by atoms with Gasteiger partial charge in [0.2, 0.25) is 0 Å². The first-order chi connectivity index (χ1) is 12.3. The molecule has 1 aromatic carbocycles. The Morgan fingerprint density at radius 1 is 1.32 bits per heavy atom. The number of ether oxygens (including phenoxy) is 1. The van der Waals surface area contributed by atoms with Crippen LogP contribution in [0.2, 0.25) is 0 Å². The lowest BCUT2D eigenvalue weighted by atomic mass is 10.1. The van der Waals surface area contributed by atoms with Crippen molar-refractivity contribution in [1.29, 1.82) is 0 Å². The lowest BCUT2D eigenvalue weighted by molar-refractivity contribution is -0.0210. The van der Waals surface area contributed by atoms with Crippen LogP contribution in [0.25, 0.3) is 11.3 Å². The molecule has 4 rings (SSSR count). The molecule has 1 atom stereocenters. The van der Waals surface area contributed by atoms with Crippen LogP contribution in [-0.2, 0) is 11.2 Å². The van der Waals surface area contributed by atoms with Gasteiger partial charge in [0, 0.05) is 30.5 Å². The van der Waals surface area contributed by atoms with Gasteiger partial charge in [-0.1, -0.05) is 30.3 Å². The fourth-order valence-electron chi connectivity index (χ4n) is 3.06. The monoisotopic (exact) mass is 353 g/mol. The van der Waals surface area contributed by atoms with Crippen molar-refractivity contribution in [3.8, 4) is 11.3 Å². The van der Waals surface area contributed by atoms with E-state index < -0.39 is 0 Å². The van der Waals surface area contributed by atoms with Gasteiger partial charge in [0.05, 0.1) is 18.4 Å². The second-order valence-electron chi connectivity index (χ2n) is 6.11. The van der Waals surface area contributed by atoms with Crippen molar-refractivity contribution in [3.05, 3.63) is 64.5 Å². The van der Waals surface area contributed by atoms with Crippen molar-refractivity contribution in [2.45, 2.75) is 12.5 Å². The van der Waals surface area contributed by atoms with Gasteiger partial charge in [0.1, 0.15) is 5.69 Å². The summed E-state index contributed by atoms with van der Waals surface area (Å²) < 4.78 is 5.84. The normalized spacial score (nSPS) is 17.6. The Kier molecular flexibility index (Phi) is 4.63. The molecule has 25 heavy (non-hydrogen) atoms. The largest absolute Gasteiger partial charge is 0.374 e. The predicted octanol–water partition coefficient (Wildman–Crippen LogP) is 3.22. The summed E-state index contributed by atoms with van der Waals surface area (Å²) >= 11 is 1.62. The number of benzene rings is 1. The maximum Gasteiger partial charge on any atom is 0.272 e. The minimum absolute atomic E-state index is 0.0182. The Labute approximate surface area is 150 Å². The van der Waals surface area contributed by atoms with Crippen LogP contribution in [0.3, 0.4) is 0 Å². The number of rotatable bonds is 4. The number of aromatic amines is 1. The van der Waals surface area contributed by atoms with Gasteiger partial charge in [0.25, 0.3) is 5.91 Å². The molecule has 0 bridgehead atoms. The summed E-state index contributed by atoms with van der Waals surface area (Å²) in [5.41, 5.74) is 3.59. The van der Waals surface area contributed by atoms with Crippen molar-refractivity contribution in [2.75, 3.05) is 19.7 Å². The molecule has 0 unspecified atom stereocenters. The smallest absolute Gasteiger partial charge is 0.272 e. The number of nitrogens with zero attached hydrogens (tertiary/aromatic N) is 2. The van der Waals surface area contributed by atoms with E-state index in [0.717, 1.165) is 17.7 Å². The molecule has 1 N–H and O–H groups in total. The van der Waals surface area contributed by atoms with Crippen molar-refractivity contribution in [3.63, 3.8) is 0 Å². The van der Waals surface area contributed by atoms with Gasteiger partial charge in [-0.15, -0.1) is 0 Å². The molecule has 0 radical (unpaired) electrons. The first kappa shape index (κ1) is 16.1. The third-order valence-corrected chi connectivity index (χ3v) is 5.04. The second-order valence-corrected chi connectivity index (χ2v) is 6.89. The van der Waals surface area contributed by atoms with Crippen LogP contribution < -0.4 is 0 Å². The lowest BCUT2D eigenvalue weighted by Gasteiger charge is -2.32. The molecule has 1 aliphatic rings. The second kappa shape index (κ2) is 7.21. The van der Waals surface area contributed by atoms with Crippen LogP contribution in [0.5, 0.6) is 0 Å². The Morgan fingerprint density at radius 2 is 2.20 bits per heavy atom. The summed E-state index contributed by atoms with van der Waals surface area (Å²) in [6.07, 6.45) is 0.840. The zero-order valence-corrected chi connectivity index (χ0v) is 14.5. The summed E-state index contributed by atoms with van der Waals surface area (Å²) in [7, 11) is 0. The van der Waals surface area contributed by atoms with Gasteiger partial charge >= 0.3 is 0 Å². The SMILES string of the molecule is O=C(c1cc(-c2ccsc2)n[nH]1)N1CCO[C@H](Cc2ccccc2)C1. The number of hydrogen-bond donors (Lipinski definition) is 1. The quantitative estimate of drug-likeness (QED) is 0.783. The third-order valence-electron chi connectivity index (χ3n) is 4.36. The van der Waals surface area contributed by atoms with E-state index in [1.165, 1.54) is 5.56 Å². The number of hydrogen-bond acceptors (Lipinski definition) is 4. The molecule has 3 heterocycles. The average molecular weight is 353 g/mol. The number of nitrogens with one attached hydrogen (secondary N) is 1. The number of thiophene rings is 1. The van der Waals surface area contributed by atoms with Crippen LogP contribution in [0.4, 0.5) is 0 Å². The van der Waals surface area contributed by atoms with E-state index in [4.69, 9.17) is 4.74 Å². The Hall–Kier alpha value is -2.44. The fourth-order valence-corrected chi connectivity index (χ4v) is 3.71. The van der Waals surface area contributed by atoms with E-state index in [0.29, 0.717) is 25.4 Å². The number of morpholine rings is 1. The molecule has 1 amide bonds. The van der Waals surface area contributed by atoms with Crippen LogP contribution in [-0.4, -0.2) is 46.8 Å². The molecule has 1 saturated heterocycles. The zero-order chi connectivity index (χ0) is 17.1. The molecule has 0 spiro atoms. The number of amides is 1. The maximum absolute atomic E-state index is 12.8. The Balaban J connectivity index is 1.43. The van der Waals surface area contributed by atoms with E-state index in [1.807, 2.05) is 46.0 Å². The molecule has 0 aliphatic carbocycles. The van der Waals surface area contributed by atoms with Crippen LogP contribution in [0, 0.1) is 0 Å². The summed E-state index contributed by atoms with van der Waals surface area (Å²) in [6, 6.07) is 14.1. The van der Waals surface area contributed by atoms with E-state index in [-0.39, 0.29) is 12.0 Å². The van der Waals surface area contributed by atoms with Crippen LogP contribution in [0.15, 0.2) is 53.2 Å². The predicted molar refractivity (Wildman–Crippen MR) is 97.7 cm³/mol. The van der Waals surface area contributed by atoms with Gasteiger partial charge in [-0.2, -0.15) is 16.4 Å². The van der Waals surface area contributed by atoms with E-state index in [1.54, 1.807) is 11.3 Å². The highest BCUT2D eigenvalue weighted by atomic mass is 32.1. The highest BCUT2D eigenvalue weighted by Crippen LogP contribution is 2.21. The van der Waals surface area contributed by atoms with E-state index >= 15 is 0 Å². The van der Waals surface area contributed by atoms with Gasteiger partial charge < -0.3 is 9.64 Å². The summed E-state index contributed by atoms with van der Waals surface area (Å²) in [5.74, 6) is -0.0182. The van der Waals surface area contributed by atoms with Gasteiger partial charge in [-0.05, 0) is 23.1 Å². The Bertz CT molecular complexity index is 829. The van der Waals surface area contributed by atoms with Crippen molar-refractivity contribution < 1.29 is 9.53 Å². The topological polar surface area (TPSA) is 58.2 Å². The Morgan fingerprint density at radius 3 is 3.00 bits per heavy atom. The number of aromatic nitrogens is 2. The van der Waals surface area contributed by atoms with Gasteiger partial charge in [-0.3, -0.25) is 9.89 Å². The first-order valence-corrected chi connectivity index (χ1v) is 9.26. The highest BCUT2D eigenvalue weighted by Gasteiger charge is 2.26. The number of carbonyl (C=O) groups is 1. The van der Waals surface area contributed by atoms with Crippen molar-refractivity contribution >= 4 is 17.2 Å². The molecular formula is C19H19N3O2S. The summed E-state index contributed by atoms with van der Waals surface area (Å²) in [5, 5.41) is 11.2. The molecular weight excluding hydrogens is 334 g/mol. The summed E-state index contributed by atoms with van der Waals surface area (Å²) in [6.45, 7) is 1.77. The molecule has 0 saturated carbocycles. The fraction of sp³-hybridized carbons (Fsp3) is 0.263. The lowest BCUT2D eigenvalue weighted by Crippen LogP contribution is -2.46. The molecule has 128 valence electrons. The van der Waals surface area contributed by atoms with Crippen molar-refractivity contribution in [1.82, 2.24) is 15.1 Å². The first-order valence-electron chi connectivity index (χ1n) is 8.32. The number of H-pyrrole nitrogens is 1. The minimum atomic E-state index is -0.0182. The molecule has 1 aliphatic heterocycles. The van der Waals surface area contributed by atoms with Crippen LogP contribution in [0.1, 0.15) is 16.1 Å². The van der Waals surface area contributed by atoms with Crippen LogP contribution >= 0.6 is 11.3 Å². The molecule has 5 nitrogen and oxygen atoms in total.